The van der Waals surface area contributed by atoms with Crippen molar-refractivity contribution in [3.63, 3.8) is 0 Å². The van der Waals surface area contributed by atoms with Crippen LogP contribution in [0.5, 0.6) is 0 Å². The number of rotatable bonds is 5. The summed E-state index contributed by atoms with van der Waals surface area (Å²) in [7, 11) is 1.57. The molecule has 24 heavy (non-hydrogen) atoms. The molecule has 1 saturated heterocycles. The Bertz CT molecular complexity index is 724. The zero-order chi connectivity index (χ0) is 16.9. The molecule has 2 N–H and O–H groups in total. The normalized spacial score (nSPS) is 13.8. The Morgan fingerprint density at radius 1 is 1.25 bits per heavy atom. The lowest BCUT2D eigenvalue weighted by atomic mass is 10.3. The van der Waals surface area contributed by atoms with E-state index in [1.54, 1.807) is 18.5 Å². The highest BCUT2D eigenvalue weighted by atomic mass is 32.1. The molecule has 126 valence electrons. The van der Waals surface area contributed by atoms with E-state index in [2.05, 4.69) is 30.7 Å². The topological polar surface area (TPSA) is 100 Å². The van der Waals surface area contributed by atoms with Gasteiger partial charge in [-0.05, 0) is 25.0 Å². The van der Waals surface area contributed by atoms with E-state index in [1.165, 1.54) is 11.3 Å². The Hall–Kier alpha value is -2.55. The van der Waals surface area contributed by atoms with E-state index in [0.29, 0.717) is 10.8 Å². The SMILES string of the molecule is CNC(=O)Cc1csc(NC(=O)c2ccc(N3CCCC3)nn2)n1. The molecule has 0 radical (unpaired) electrons. The van der Waals surface area contributed by atoms with Crippen molar-refractivity contribution in [1.29, 1.82) is 0 Å². The first kappa shape index (κ1) is 16.3. The summed E-state index contributed by atoms with van der Waals surface area (Å²) in [6, 6.07) is 3.47. The molecule has 0 saturated carbocycles. The van der Waals surface area contributed by atoms with Crippen LogP contribution in [0.1, 0.15) is 29.0 Å². The highest BCUT2D eigenvalue weighted by molar-refractivity contribution is 7.14. The highest BCUT2D eigenvalue weighted by Crippen LogP contribution is 2.18. The van der Waals surface area contributed by atoms with Crippen LogP contribution in [-0.2, 0) is 11.2 Å². The molecule has 0 aromatic carbocycles. The number of amides is 2. The molecule has 0 spiro atoms. The molecule has 0 bridgehead atoms. The van der Waals surface area contributed by atoms with Gasteiger partial charge in [0, 0.05) is 25.5 Å². The molecule has 0 unspecified atom stereocenters. The standard InChI is InChI=1S/C15H18N6O2S/c1-16-13(22)8-10-9-24-15(17-10)18-14(23)11-4-5-12(20-19-11)21-6-2-3-7-21/h4-5,9H,2-3,6-8H2,1H3,(H,16,22)(H,17,18,23). The maximum Gasteiger partial charge on any atom is 0.277 e. The van der Waals surface area contributed by atoms with Gasteiger partial charge in [-0.2, -0.15) is 0 Å². The van der Waals surface area contributed by atoms with Crippen LogP contribution in [0.4, 0.5) is 10.9 Å². The van der Waals surface area contributed by atoms with Crippen LogP contribution in [0.3, 0.4) is 0 Å². The van der Waals surface area contributed by atoms with E-state index in [1.807, 2.05) is 6.07 Å². The molecule has 0 atom stereocenters. The minimum Gasteiger partial charge on any atom is -0.359 e. The van der Waals surface area contributed by atoms with Crippen molar-refractivity contribution in [2.24, 2.45) is 0 Å². The monoisotopic (exact) mass is 346 g/mol. The number of nitrogens with zero attached hydrogens (tertiary/aromatic N) is 4. The Morgan fingerprint density at radius 2 is 2.04 bits per heavy atom. The van der Waals surface area contributed by atoms with Gasteiger partial charge in [-0.1, -0.05) is 0 Å². The second kappa shape index (κ2) is 7.35. The molecule has 1 aliphatic heterocycles. The van der Waals surface area contributed by atoms with Gasteiger partial charge < -0.3 is 10.2 Å². The van der Waals surface area contributed by atoms with Gasteiger partial charge in [0.1, 0.15) is 0 Å². The molecule has 2 aromatic heterocycles. The first-order valence-corrected chi connectivity index (χ1v) is 8.58. The van der Waals surface area contributed by atoms with Crippen molar-refractivity contribution in [2.45, 2.75) is 19.3 Å². The Morgan fingerprint density at radius 3 is 2.71 bits per heavy atom. The number of nitrogens with one attached hydrogen (secondary N) is 2. The molecule has 9 heteroatoms. The van der Waals surface area contributed by atoms with Crippen molar-refractivity contribution >= 4 is 34.1 Å². The maximum absolute atomic E-state index is 12.2. The van der Waals surface area contributed by atoms with Gasteiger partial charge in [-0.25, -0.2) is 4.98 Å². The number of carbonyl (C=O) groups excluding carboxylic acids is 2. The second-order valence-corrected chi connectivity index (χ2v) is 6.28. The largest absolute Gasteiger partial charge is 0.359 e. The summed E-state index contributed by atoms with van der Waals surface area (Å²) in [4.78, 5) is 29.9. The van der Waals surface area contributed by atoms with Gasteiger partial charge in [0.25, 0.3) is 5.91 Å². The molecule has 3 heterocycles. The number of hydrogen-bond acceptors (Lipinski definition) is 7. The van der Waals surface area contributed by atoms with Gasteiger partial charge in [0.05, 0.1) is 12.1 Å². The van der Waals surface area contributed by atoms with Crippen molar-refractivity contribution < 1.29 is 9.59 Å². The molecule has 2 amide bonds. The summed E-state index contributed by atoms with van der Waals surface area (Å²) in [6.45, 7) is 1.96. The Labute approximate surface area is 143 Å². The average Bonchev–Trinajstić information content (AvgIpc) is 3.27. The lowest BCUT2D eigenvalue weighted by Crippen LogP contribution is -2.21. The molecule has 3 rings (SSSR count). The van der Waals surface area contributed by atoms with Crippen LogP contribution >= 0.6 is 11.3 Å². The third-order valence-electron chi connectivity index (χ3n) is 3.71. The summed E-state index contributed by atoms with van der Waals surface area (Å²) >= 11 is 1.27. The number of likely N-dealkylation sites (N-methyl/N-ethyl adjacent to an activating group) is 1. The van der Waals surface area contributed by atoms with Gasteiger partial charge in [0.2, 0.25) is 5.91 Å². The van der Waals surface area contributed by atoms with Crippen molar-refractivity contribution in [1.82, 2.24) is 20.5 Å². The number of anilines is 2. The van der Waals surface area contributed by atoms with Crippen LogP contribution in [-0.4, -0.2) is 47.1 Å². The zero-order valence-corrected chi connectivity index (χ0v) is 14.1. The van der Waals surface area contributed by atoms with Crippen molar-refractivity contribution in [3.8, 4) is 0 Å². The van der Waals surface area contributed by atoms with Gasteiger partial charge in [-0.3, -0.25) is 14.9 Å². The number of aromatic nitrogens is 3. The molecule has 0 aliphatic carbocycles. The first-order chi connectivity index (χ1) is 11.7. The molecular formula is C15H18N6O2S. The van der Waals surface area contributed by atoms with Crippen LogP contribution in [0.15, 0.2) is 17.5 Å². The summed E-state index contributed by atoms with van der Waals surface area (Å²) in [5, 5.41) is 15.5. The summed E-state index contributed by atoms with van der Waals surface area (Å²) in [6.07, 6.45) is 2.51. The quantitative estimate of drug-likeness (QED) is 0.840. The third kappa shape index (κ3) is 3.85. The van der Waals surface area contributed by atoms with Crippen LogP contribution in [0.2, 0.25) is 0 Å². The van der Waals surface area contributed by atoms with Crippen molar-refractivity contribution in [3.05, 3.63) is 28.9 Å². The summed E-state index contributed by atoms with van der Waals surface area (Å²) in [5.74, 6) is 0.309. The number of hydrogen-bond donors (Lipinski definition) is 2. The van der Waals surface area contributed by atoms with E-state index in [-0.39, 0.29) is 23.9 Å². The van der Waals surface area contributed by atoms with Crippen molar-refractivity contribution in [2.75, 3.05) is 30.4 Å². The minimum atomic E-state index is -0.365. The fourth-order valence-corrected chi connectivity index (χ4v) is 3.13. The summed E-state index contributed by atoms with van der Waals surface area (Å²) < 4.78 is 0. The fourth-order valence-electron chi connectivity index (χ4n) is 2.42. The molecule has 2 aromatic rings. The second-order valence-electron chi connectivity index (χ2n) is 5.42. The van der Waals surface area contributed by atoms with Gasteiger partial charge in [-0.15, -0.1) is 21.5 Å². The fraction of sp³-hybridized carbons (Fsp3) is 0.400. The smallest absolute Gasteiger partial charge is 0.277 e. The maximum atomic E-state index is 12.2. The van der Waals surface area contributed by atoms with Crippen LogP contribution in [0.25, 0.3) is 0 Å². The van der Waals surface area contributed by atoms with Gasteiger partial charge >= 0.3 is 0 Å². The minimum absolute atomic E-state index is 0.124. The molecule has 1 aliphatic rings. The van der Waals surface area contributed by atoms with Gasteiger partial charge in [0.15, 0.2) is 16.6 Å². The zero-order valence-electron chi connectivity index (χ0n) is 13.3. The average molecular weight is 346 g/mol. The predicted octanol–water partition coefficient (Wildman–Crippen LogP) is 1.07. The Balaban J connectivity index is 1.61. The molecule has 1 fully saturated rings. The number of carbonyl (C=O) groups is 2. The first-order valence-electron chi connectivity index (χ1n) is 7.71. The van der Waals surface area contributed by atoms with E-state index in [4.69, 9.17) is 0 Å². The predicted molar refractivity (Wildman–Crippen MR) is 91.3 cm³/mol. The lowest BCUT2D eigenvalue weighted by molar-refractivity contribution is -0.120. The summed E-state index contributed by atoms with van der Waals surface area (Å²) in [5.41, 5.74) is 0.853. The molecule has 8 nitrogen and oxygen atoms in total. The highest BCUT2D eigenvalue weighted by Gasteiger charge is 2.16. The van der Waals surface area contributed by atoms with Crippen LogP contribution in [0, 0.1) is 0 Å². The van der Waals surface area contributed by atoms with E-state index in [9.17, 15) is 9.59 Å². The number of thiazole rings is 1. The van der Waals surface area contributed by atoms with Crippen LogP contribution < -0.4 is 15.5 Å². The van der Waals surface area contributed by atoms with E-state index >= 15 is 0 Å². The lowest BCUT2D eigenvalue weighted by Gasteiger charge is -2.14. The van der Waals surface area contributed by atoms with E-state index < -0.39 is 0 Å². The molecular weight excluding hydrogens is 328 g/mol. The van der Waals surface area contributed by atoms with E-state index in [0.717, 1.165) is 31.7 Å². The third-order valence-corrected chi connectivity index (χ3v) is 4.51. The Kier molecular flexibility index (Phi) is 4.99.